The number of phenolic OH excluding ortho intramolecular Hbond substituents is 1. The quantitative estimate of drug-likeness (QED) is 0.419. The van der Waals surface area contributed by atoms with E-state index in [2.05, 4.69) is 5.16 Å². The summed E-state index contributed by atoms with van der Waals surface area (Å²) in [7, 11) is 0. The van der Waals surface area contributed by atoms with Crippen LogP contribution in [0, 0.1) is 5.82 Å². The van der Waals surface area contributed by atoms with Gasteiger partial charge in [-0.25, -0.2) is 4.39 Å². The summed E-state index contributed by atoms with van der Waals surface area (Å²) in [6, 6.07) is 3.50. The maximum absolute atomic E-state index is 12.7. The van der Waals surface area contributed by atoms with Gasteiger partial charge in [0.1, 0.15) is 11.6 Å². The number of hydrogen-bond acceptors (Lipinski definition) is 3. The molecule has 0 aliphatic heterocycles. The first kappa shape index (κ1) is 9.51. The summed E-state index contributed by atoms with van der Waals surface area (Å²) in [6.45, 7) is 1.75. The van der Waals surface area contributed by atoms with Crippen molar-refractivity contribution >= 4 is 5.71 Å². The van der Waals surface area contributed by atoms with E-state index in [1.54, 1.807) is 6.92 Å². The maximum atomic E-state index is 12.7. The molecular formula is C9H10FNO2. The first-order chi connectivity index (χ1) is 6.19. The molecule has 13 heavy (non-hydrogen) atoms. The molecule has 1 aromatic rings. The fraction of sp³-hybridized carbons (Fsp3) is 0.222. The van der Waals surface area contributed by atoms with Crippen LogP contribution < -0.4 is 0 Å². The van der Waals surface area contributed by atoms with E-state index in [1.165, 1.54) is 6.07 Å². The minimum atomic E-state index is -0.470. The topological polar surface area (TPSA) is 52.8 Å². The van der Waals surface area contributed by atoms with Crippen molar-refractivity contribution in [2.24, 2.45) is 5.16 Å². The summed E-state index contributed by atoms with van der Waals surface area (Å²) in [6.07, 6.45) is 0.424. The van der Waals surface area contributed by atoms with Gasteiger partial charge < -0.3 is 10.3 Å². The van der Waals surface area contributed by atoms with Crippen LogP contribution in [0.5, 0.6) is 5.75 Å². The van der Waals surface area contributed by atoms with E-state index in [-0.39, 0.29) is 17.0 Å². The molecule has 0 amide bonds. The number of aromatic hydroxyl groups is 1. The van der Waals surface area contributed by atoms with Crippen molar-refractivity contribution in [3.05, 3.63) is 29.6 Å². The molecule has 0 fully saturated rings. The summed E-state index contributed by atoms with van der Waals surface area (Å²) in [5.74, 6) is -0.557. The SMILES string of the molecule is CCC(=NO)c1cc(F)ccc1O. The van der Waals surface area contributed by atoms with Crippen molar-refractivity contribution in [3.8, 4) is 5.75 Å². The Balaban J connectivity index is 3.19. The zero-order chi connectivity index (χ0) is 9.84. The van der Waals surface area contributed by atoms with Gasteiger partial charge in [-0.3, -0.25) is 0 Å². The Bertz CT molecular complexity index is 336. The fourth-order valence-corrected chi connectivity index (χ4v) is 1.05. The first-order valence-electron chi connectivity index (χ1n) is 3.88. The van der Waals surface area contributed by atoms with Crippen LogP contribution in [0.1, 0.15) is 18.9 Å². The van der Waals surface area contributed by atoms with Gasteiger partial charge in [0, 0.05) is 5.56 Å². The normalized spacial score (nSPS) is 11.7. The van der Waals surface area contributed by atoms with E-state index in [9.17, 15) is 9.50 Å². The van der Waals surface area contributed by atoms with E-state index < -0.39 is 5.82 Å². The van der Waals surface area contributed by atoms with Crippen LogP contribution in [0.4, 0.5) is 4.39 Å². The molecule has 0 saturated carbocycles. The molecule has 0 atom stereocenters. The number of rotatable bonds is 2. The second-order valence-corrected chi connectivity index (χ2v) is 2.56. The summed E-state index contributed by atoms with van der Waals surface area (Å²) < 4.78 is 12.7. The van der Waals surface area contributed by atoms with Gasteiger partial charge in [0.05, 0.1) is 5.71 Å². The Morgan fingerprint density at radius 2 is 2.23 bits per heavy atom. The van der Waals surface area contributed by atoms with E-state index >= 15 is 0 Å². The van der Waals surface area contributed by atoms with Gasteiger partial charge in [0.25, 0.3) is 0 Å². The zero-order valence-corrected chi connectivity index (χ0v) is 7.16. The van der Waals surface area contributed by atoms with Crippen LogP contribution in [0.3, 0.4) is 0 Å². The number of benzene rings is 1. The molecule has 0 unspecified atom stereocenters. The third-order valence-corrected chi connectivity index (χ3v) is 1.73. The first-order valence-corrected chi connectivity index (χ1v) is 3.88. The highest BCUT2D eigenvalue weighted by atomic mass is 19.1. The third-order valence-electron chi connectivity index (χ3n) is 1.73. The molecule has 0 aromatic heterocycles. The lowest BCUT2D eigenvalue weighted by Gasteiger charge is -2.03. The van der Waals surface area contributed by atoms with Gasteiger partial charge in [-0.2, -0.15) is 0 Å². The van der Waals surface area contributed by atoms with Gasteiger partial charge in [0.15, 0.2) is 0 Å². The minimum Gasteiger partial charge on any atom is -0.507 e. The number of phenols is 1. The van der Waals surface area contributed by atoms with Gasteiger partial charge in [0.2, 0.25) is 0 Å². The Labute approximate surface area is 75.1 Å². The van der Waals surface area contributed by atoms with Crippen LogP contribution in [0.2, 0.25) is 0 Å². The molecule has 70 valence electrons. The average molecular weight is 183 g/mol. The molecule has 3 nitrogen and oxygen atoms in total. The summed E-state index contributed by atoms with van der Waals surface area (Å²) >= 11 is 0. The largest absolute Gasteiger partial charge is 0.507 e. The Kier molecular flexibility index (Phi) is 2.84. The second-order valence-electron chi connectivity index (χ2n) is 2.56. The van der Waals surface area contributed by atoms with Crippen LogP contribution in [0.15, 0.2) is 23.4 Å². The van der Waals surface area contributed by atoms with Crippen molar-refractivity contribution < 1.29 is 14.7 Å². The average Bonchev–Trinajstić information content (AvgIpc) is 2.13. The molecule has 2 N–H and O–H groups in total. The van der Waals surface area contributed by atoms with Crippen molar-refractivity contribution in [2.75, 3.05) is 0 Å². The summed E-state index contributed by atoms with van der Waals surface area (Å²) in [4.78, 5) is 0. The Morgan fingerprint density at radius 1 is 1.54 bits per heavy atom. The summed E-state index contributed by atoms with van der Waals surface area (Å²) in [5.41, 5.74) is 0.488. The molecule has 1 aromatic carbocycles. The number of halogens is 1. The molecule has 0 aliphatic carbocycles. The fourth-order valence-electron chi connectivity index (χ4n) is 1.05. The summed E-state index contributed by atoms with van der Waals surface area (Å²) in [5, 5.41) is 20.8. The Morgan fingerprint density at radius 3 is 2.77 bits per heavy atom. The smallest absolute Gasteiger partial charge is 0.124 e. The molecule has 1 rings (SSSR count). The number of nitrogens with zero attached hydrogens (tertiary/aromatic N) is 1. The molecule has 0 radical (unpaired) electrons. The van der Waals surface area contributed by atoms with Gasteiger partial charge >= 0.3 is 0 Å². The van der Waals surface area contributed by atoms with Crippen LogP contribution in [-0.2, 0) is 0 Å². The standard InChI is InChI=1S/C9H10FNO2/c1-2-8(11-13)7-5-6(10)3-4-9(7)12/h3-5,12-13H,2H2,1H3. The molecular weight excluding hydrogens is 173 g/mol. The van der Waals surface area contributed by atoms with Crippen molar-refractivity contribution in [1.82, 2.24) is 0 Å². The number of oxime groups is 1. The van der Waals surface area contributed by atoms with Crippen molar-refractivity contribution in [3.63, 3.8) is 0 Å². The minimum absolute atomic E-state index is 0.0870. The lowest BCUT2D eigenvalue weighted by Crippen LogP contribution is -1.99. The van der Waals surface area contributed by atoms with Crippen LogP contribution in [0.25, 0.3) is 0 Å². The highest BCUT2D eigenvalue weighted by Gasteiger charge is 2.08. The molecule has 0 saturated heterocycles. The van der Waals surface area contributed by atoms with E-state index in [1.807, 2.05) is 0 Å². The van der Waals surface area contributed by atoms with Crippen molar-refractivity contribution in [2.45, 2.75) is 13.3 Å². The van der Waals surface area contributed by atoms with E-state index in [0.717, 1.165) is 12.1 Å². The monoisotopic (exact) mass is 183 g/mol. The maximum Gasteiger partial charge on any atom is 0.124 e. The van der Waals surface area contributed by atoms with Crippen LogP contribution in [-0.4, -0.2) is 16.0 Å². The predicted molar refractivity (Wildman–Crippen MR) is 46.7 cm³/mol. The molecule has 0 bridgehead atoms. The Hall–Kier alpha value is -1.58. The van der Waals surface area contributed by atoms with Gasteiger partial charge in [-0.15, -0.1) is 0 Å². The van der Waals surface area contributed by atoms with Gasteiger partial charge in [-0.05, 0) is 24.6 Å². The van der Waals surface area contributed by atoms with E-state index in [0.29, 0.717) is 6.42 Å². The lowest BCUT2D eigenvalue weighted by molar-refractivity contribution is 0.318. The second kappa shape index (κ2) is 3.89. The van der Waals surface area contributed by atoms with Crippen molar-refractivity contribution in [1.29, 1.82) is 0 Å². The highest BCUT2D eigenvalue weighted by Crippen LogP contribution is 2.19. The zero-order valence-electron chi connectivity index (χ0n) is 7.16. The molecule has 0 spiro atoms. The lowest BCUT2D eigenvalue weighted by atomic mass is 10.1. The number of hydrogen-bond donors (Lipinski definition) is 2. The molecule has 4 heteroatoms. The van der Waals surface area contributed by atoms with Gasteiger partial charge in [-0.1, -0.05) is 12.1 Å². The third kappa shape index (κ3) is 1.96. The molecule has 0 heterocycles. The molecule has 0 aliphatic rings. The predicted octanol–water partition coefficient (Wildman–Crippen LogP) is 2.12. The van der Waals surface area contributed by atoms with E-state index in [4.69, 9.17) is 5.21 Å². The van der Waals surface area contributed by atoms with Crippen LogP contribution >= 0.6 is 0 Å². The highest BCUT2D eigenvalue weighted by molar-refractivity contribution is 6.02.